The van der Waals surface area contributed by atoms with Crippen LogP contribution in [0, 0.1) is 0 Å². The molecular formula is C16H16FN2O9P. The number of hydrogen-bond donors (Lipinski definition) is 3. The Balaban J connectivity index is 1.51. The summed E-state index contributed by atoms with van der Waals surface area (Å²) in [5, 5.41) is 20.2. The van der Waals surface area contributed by atoms with Crippen LogP contribution in [0.15, 0.2) is 46.1 Å². The molecule has 4 rings (SSSR count). The molecule has 0 saturated carbocycles. The van der Waals surface area contributed by atoms with Crippen LogP contribution in [0.4, 0.5) is 4.39 Å². The molecule has 1 aromatic carbocycles. The highest BCUT2D eigenvalue weighted by Gasteiger charge is 2.57. The van der Waals surface area contributed by atoms with E-state index in [1.165, 1.54) is 6.07 Å². The van der Waals surface area contributed by atoms with Crippen LogP contribution in [-0.4, -0.2) is 44.4 Å². The number of aliphatic hydroxyl groups is 2. The SMILES string of the molecule is O=c1ccn([C@@H]2O[C@](F)(CO[P@]3(=O)OCc4ccccc4O3)[C@@H](O)[C@H]2O)c(=O)[nH]1. The van der Waals surface area contributed by atoms with Crippen LogP contribution in [0.2, 0.25) is 0 Å². The maximum absolute atomic E-state index is 15.1. The number of alkyl halides is 1. The number of nitrogens with zero attached hydrogens (tertiary/aromatic N) is 1. The molecule has 0 spiro atoms. The van der Waals surface area contributed by atoms with Gasteiger partial charge in [0.2, 0.25) is 0 Å². The lowest BCUT2D eigenvalue weighted by Crippen LogP contribution is -2.43. The number of aliphatic hydroxyl groups excluding tert-OH is 2. The van der Waals surface area contributed by atoms with Gasteiger partial charge in [0.25, 0.3) is 11.4 Å². The van der Waals surface area contributed by atoms with Crippen molar-refractivity contribution in [2.24, 2.45) is 0 Å². The van der Waals surface area contributed by atoms with Crippen molar-refractivity contribution in [3.63, 3.8) is 0 Å². The largest absolute Gasteiger partial charge is 0.530 e. The number of nitrogens with one attached hydrogen (secondary N) is 1. The number of H-pyrrole nitrogens is 1. The predicted molar refractivity (Wildman–Crippen MR) is 92.7 cm³/mol. The quantitative estimate of drug-likeness (QED) is 0.578. The van der Waals surface area contributed by atoms with Gasteiger partial charge in [-0.1, -0.05) is 18.2 Å². The first-order valence-corrected chi connectivity index (χ1v) is 9.88. The van der Waals surface area contributed by atoms with E-state index in [2.05, 4.69) is 0 Å². The van der Waals surface area contributed by atoms with E-state index in [-0.39, 0.29) is 12.4 Å². The van der Waals surface area contributed by atoms with Crippen molar-refractivity contribution in [3.05, 3.63) is 62.9 Å². The van der Waals surface area contributed by atoms with E-state index >= 15 is 4.39 Å². The van der Waals surface area contributed by atoms with E-state index in [1.54, 1.807) is 18.2 Å². The van der Waals surface area contributed by atoms with Gasteiger partial charge in [-0.25, -0.2) is 13.8 Å². The molecule has 13 heteroatoms. The van der Waals surface area contributed by atoms with Gasteiger partial charge in [-0.3, -0.25) is 23.4 Å². The summed E-state index contributed by atoms with van der Waals surface area (Å²) in [6.07, 6.45) is -4.74. The number of hydrogen-bond acceptors (Lipinski definition) is 9. The van der Waals surface area contributed by atoms with Crippen LogP contribution in [-0.2, 0) is 25.0 Å². The van der Waals surface area contributed by atoms with E-state index in [1.807, 2.05) is 4.98 Å². The Kier molecular flexibility index (Phi) is 4.93. The normalized spacial score (nSPS) is 33.8. The third-order valence-electron chi connectivity index (χ3n) is 4.48. The molecule has 1 aromatic heterocycles. The molecule has 3 heterocycles. The zero-order valence-electron chi connectivity index (χ0n) is 14.6. The number of aromatic amines is 1. The maximum Gasteiger partial charge on any atom is 0.530 e. The lowest BCUT2D eigenvalue weighted by atomic mass is 10.1. The number of benzene rings is 1. The van der Waals surface area contributed by atoms with Crippen LogP contribution >= 0.6 is 7.82 Å². The Hall–Kier alpha value is -2.34. The monoisotopic (exact) mass is 430 g/mol. The van der Waals surface area contributed by atoms with E-state index < -0.39 is 50.0 Å². The summed E-state index contributed by atoms with van der Waals surface area (Å²) >= 11 is 0. The lowest BCUT2D eigenvalue weighted by molar-refractivity contribution is -0.205. The minimum atomic E-state index is -4.22. The van der Waals surface area contributed by atoms with Crippen molar-refractivity contribution in [1.29, 1.82) is 0 Å². The number of phosphoric acid groups is 1. The van der Waals surface area contributed by atoms with Gasteiger partial charge in [0, 0.05) is 17.8 Å². The molecule has 2 aromatic rings. The number of phosphoric ester groups is 1. The molecule has 11 nitrogen and oxygen atoms in total. The van der Waals surface area contributed by atoms with Crippen LogP contribution in [0.1, 0.15) is 11.8 Å². The number of fused-ring (bicyclic) bond motifs is 1. The van der Waals surface area contributed by atoms with E-state index in [0.29, 0.717) is 10.1 Å². The number of ether oxygens (including phenoxy) is 1. The van der Waals surface area contributed by atoms with Crippen LogP contribution in [0.3, 0.4) is 0 Å². The van der Waals surface area contributed by atoms with Crippen molar-refractivity contribution >= 4 is 7.82 Å². The number of aromatic nitrogens is 2. The fourth-order valence-electron chi connectivity index (χ4n) is 2.96. The molecule has 5 atom stereocenters. The molecule has 0 radical (unpaired) electrons. The van der Waals surface area contributed by atoms with Crippen molar-refractivity contribution in [2.45, 2.75) is 30.9 Å². The van der Waals surface area contributed by atoms with Crippen LogP contribution < -0.4 is 15.8 Å². The molecule has 0 bridgehead atoms. The summed E-state index contributed by atoms with van der Waals surface area (Å²) in [6, 6.07) is 7.53. The Morgan fingerprint density at radius 3 is 2.83 bits per heavy atom. The summed E-state index contributed by atoms with van der Waals surface area (Å²) in [6.45, 7) is -1.23. The molecule has 2 aliphatic rings. The van der Waals surface area contributed by atoms with Crippen LogP contribution in [0.25, 0.3) is 0 Å². The Labute approximate surface area is 161 Å². The highest BCUT2D eigenvalue weighted by Crippen LogP contribution is 2.55. The number of para-hydroxylation sites is 1. The van der Waals surface area contributed by atoms with E-state index in [4.69, 9.17) is 18.3 Å². The summed E-state index contributed by atoms with van der Waals surface area (Å²) in [7, 11) is -4.22. The lowest BCUT2D eigenvalue weighted by Gasteiger charge is -2.28. The van der Waals surface area contributed by atoms with Gasteiger partial charge in [0.1, 0.15) is 24.6 Å². The summed E-state index contributed by atoms with van der Waals surface area (Å²) in [5.74, 6) is -2.80. The highest BCUT2D eigenvalue weighted by atomic mass is 31.2. The van der Waals surface area contributed by atoms with Crippen molar-refractivity contribution in [3.8, 4) is 5.75 Å². The molecule has 1 saturated heterocycles. The highest BCUT2D eigenvalue weighted by molar-refractivity contribution is 7.49. The Morgan fingerprint density at radius 1 is 1.31 bits per heavy atom. The smallest absolute Gasteiger partial charge is 0.404 e. The van der Waals surface area contributed by atoms with Gasteiger partial charge in [-0.2, -0.15) is 0 Å². The Bertz CT molecular complexity index is 1090. The van der Waals surface area contributed by atoms with Gasteiger partial charge < -0.3 is 19.5 Å². The van der Waals surface area contributed by atoms with Crippen molar-refractivity contribution in [1.82, 2.24) is 9.55 Å². The summed E-state index contributed by atoms with van der Waals surface area (Å²) in [4.78, 5) is 24.9. The summed E-state index contributed by atoms with van der Waals surface area (Å²) < 4.78 is 48.6. The fraction of sp³-hybridized carbons (Fsp3) is 0.375. The first-order valence-electron chi connectivity index (χ1n) is 8.42. The molecule has 1 fully saturated rings. The predicted octanol–water partition coefficient (Wildman–Crippen LogP) is 0.187. The topological polar surface area (TPSA) is 149 Å². The Morgan fingerprint density at radius 2 is 2.07 bits per heavy atom. The van der Waals surface area contributed by atoms with Crippen molar-refractivity contribution < 1.29 is 37.5 Å². The number of halogens is 1. The molecule has 0 aliphatic carbocycles. The second kappa shape index (κ2) is 7.17. The average Bonchev–Trinajstić information content (AvgIpc) is 2.91. The van der Waals surface area contributed by atoms with Gasteiger partial charge in [0.05, 0.1) is 6.61 Å². The second-order valence-electron chi connectivity index (χ2n) is 6.44. The van der Waals surface area contributed by atoms with Gasteiger partial charge in [-0.05, 0) is 6.07 Å². The second-order valence-corrected chi connectivity index (χ2v) is 8.03. The minimum Gasteiger partial charge on any atom is -0.404 e. The third kappa shape index (κ3) is 3.66. The van der Waals surface area contributed by atoms with Crippen molar-refractivity contribution in [2.75, 3.05) is 6.61 Å². The third-order valence-corrected chi connectivity index (χ3v) is 5.79. The zero-order chi connectivity index (χ0) is 20.8. The molecule has 156 valence electrons. The molecule has 29 heavy (non-hydrogen) atoms. The summed E-state index contributed by atoms with van der Waals surface area (Å²) in [5.41, 5.74) is -1.08. The maximum atomic E-state index is 15.1. The standard InChI is InChI=1S/C16H16FN2O9P/c17-16(8-26-29(24)25-7-9-3-1-2-4-10(9)28-29)13(22)12(21)14(27-16)19-6-5-11(20)18-15(19)23/h1-6,12-14,21-22H,7-8H2,(H,18,20,23)/t12-,13+,14-,16-,29+/m1/s1. The molecular weight excluding hydrogens is 414 g/mol. The molecule has 0 amide bonds. The van der Waals surface area contributed by atoms with Gasteiger partial charge in [0.15, 0.2) is 6.23 Å². The van der Waals surface area contributed by atoms with Crippen LogP contribution in [0.5, 0.6) is 5.75 Å². The van der Waals surface area contributed by atoms with Gasteiger partial charge >= 0.3 is 13.5 Å². The first kappa shape index (κ1) is 20.0. The van der Waals surface area contributed by atoms with E-state index in [9.17, 15) is 24.4 Å². The molecule has 3 N–H and O–H groups in total. The molecule has 2 aliphatic heterocycles. The molecule has 0 unspecified atom stereocenters. The van der Waals surface area contributed by atoms with E-state index in [0.717, 1.165) is 12.3 Å². The number of rotatable bonds is 4. The zero-order valence-corrected chi connectivity index (χ0v) is 15.5. The average molecular weight is 430 g/mol. The first-order chi connectivity index (χ1) is 13.7. The van der Waals surface area contributed by atoms with Gasteiger partial charge in [-0.15, -0.1) is 0 Å². The minimum absolute atomic E-state index is 0.103. The fourth-order valence-corrected chi connectivity index (χ4v) is 4.19.